The van der Waals surface area contributed by atoms with Gasteiger partial charge in [-0.05, 0) is 187 Å². The molecule has 4 saturated carbocycles. The van der Waals surface area contributed by atoms with Gasteiger partial charge in [0.15, 0.2) is 0 Å². The molecule has 0 saturated heterocycles. The average molecular weight is 883 g/mol. The maximum Gasteiger partial charge on any atom is 0.0271 e. The van der Waals surface area contributed by atoms with E-state index in [0.717, 1.165) is 0 Å². The minimum atomic E-state index is 0.0122. The molecule has 6 aliphatic rings. The first-order chi connectivity index (χ1) is 31.3. The second-order valence-corrected chi connectivity index (χ2v) is 27.5. The van der Waals surface area contributed by atoms with E-state index in [1.165, 1.54) is 151 Å². The van der Waals surface area contributed by atoms with Crippen molar-refractivity contribution < 1.29 is 0 Å². The molecule has 354 valence electrons. The Bertz CT molecular complexity index is 2220. The van der Waals surface area contributed by atoms with E-state index in [0.29, 0.717) is 23.7 Å². The highest BCUT2D eigenvalue weighted by atomic mass is 14.6. The van der Waals surface area contributed by atoms with Gasteiger partial charge < -0.3 is 0 Å². The first-order valence-electron chi connectivity index (χ1n) is 28.0. The summed E-state index contributed by atoms with van der Waals surface area (Å²) in [6.07, 6.45) is 27.6. The molecule has 0 amide bonds. The molecule has 0 bridgehead atoms. The average Bonchev–Trinajstić information content (AvgIpc) is 3.76. The van der Waals surface area contributed by atoms with E-state index in [1.54, 1.807) is 55.6 Å². The number of benzene rings is 4. The monoisotopic (exact) mass is 883 g/mol. The van der Waals surface area contributed by atoms with Gasteiger partial charge in [0.2, 0.25) is 0 Å². The van der Waals surface area contributed by atoms with Crippen LogP contribution in [0.2, 0.25) is 0 Å². The molecular formula is C66H90. The molecule has 0 nitrogen and oxygen atoms in total. The third kappa shape index (κ3) is 7.48. The van der Waals surface area contributed by atoms with E-state index in [-0.39, 0.29) is 32.5 Å². The van der Waals surface area contributed by atoms with Gasteiger partial charge in [0, 0.05) is 10.8 Å². The lowest BCUT2D eigenvalue weighted by Crippen LogP contribution is -2.44. The summed E-state index contributed by atoms with van der Waals surface area (Å²) in [6, 6.07) is 27.2. The standard InChI is InChI=1S/C66H90/c1-61(2,3)47-33-35-51-55(39-47)65(43-25-17-13-18-26-43,44-27-19-14-20-28-44)57-41-49(63(7,8)9)37-53(59(51)57)54-38-50(64(10,11)12)42-58-60(54)52-36-34-48(62(4,5)6)40-56(52)66(58,45-29-21-15-22-30-45)46-31-23-16-24-32-46/h33-46H,13-32H2,1-12H3. The van der Waals surface area contributed by atoms with E-state index in [2.05, 4.69) is 144 Å². The van der Waals surface area contributed by atoms with Crippen molar-refractivity contribution in [1.29, 1.82) is 0 Å². The highest BCUT2D eigenvalue weighted by Gasteiger charge is 2.57. The fourth-order valence-electron chi connectivity index (χ4n) is 15.9. The molecule has 0 radical (unpaired) electrons. The molecule has 0 aromatic heterocycles. The summed E-state index contributed by atoms with van der Waals surface area (Å²) in [7, 11) is 0. The van der Waals surface area contributed by atoms with Gasteiger partial charge in [0.1, 0.15) is 0 Å². The molecule has 0 spiro atoms. The van der Waals surface area contributed by atoms with Crippen molar-refractivity contribution in [2.24, 2.45) is 23.7 Å². The third-order valence-corrected chi connectivity index (χ3v) is 19.4. The molecule has 0 unspecified atom stereocenters. The second kappa shape index (κ2) is 16.8. The molecule has 10 rings (SSSR count). The number of hydrogen-bond donors (Lipinski definition) is 0. The van der Waals surface area contributed by atoms with Crippen LogP contribution in [0, 0.1) is 23.7 Å². The van der Waals surface area contributed by atoms with Crippen LogP contribution < -0.4 is 0 Å². The molecule has 6 aliphatic carbocycles. The van der Waals surface area contributed by atoms with Crippen LogP contribution in [0.4, 0.5) is 0 Å². The Kier molecular flexibility index (Phi) is 11.9. The Balaban J connectivity index is 1.38. The van der Waals surface area contributed by atoms with Gasteiger partial charge in [-0.2, -0.15) is 0 Å². The van der Waals surface area contributed by atoms with Crippen LogP contribution in [0.15, 0.2) is 60.7 Å². The zero-order valence-electron chi connectivity index (χ0n) is 44.2. The topological polar surface area (TPSA) is 0 Å². The highest BCUT2D eigenvalue weighted by Crippen LogP contribution is 2.68. The summed E-state index contributed by atoms with van der Waals surface area (Å²) in [5.74, 6) is 2.73. The number of fused-ring (bicyclic) bond motifs is 6. The maximum absolute atomic E-state index is 2.84. The molecule has 4 fully saturated rings. The summed E-state index contributed by atoms with van der Waals surface area (Å²) in [4.78, 5) is 0. The van der Waals surface area contributed by atoms with Crippen molar-refractivity contribution in [2.45, 2.75) is 244 Å². The van der Waals surface area contributed by atoms with Gasteiger partial charge in [0.05, 0.1) is 0 Å². The molecule has 0 aliphatic heterocycles. The van der Waals surface area contributed by atoms with Crippen LogP contribution in [0.3, 0.4) is 0 Å². The van der Waals surface area contributed by atoms with Crippen molar-refractivity contribution in [3.63, 3.8) is 0 Å². The molecular weight excluding hydrogens is 793 g/mol. The fourth-order valence-corrected chi connectivity index (χ4v) is 15.9. The minimum Gasteiger partial charge on any atom is -0.0579 e. The quantitative estimate of drug-likeness (QED) is 0.187. The van der Waals surface area contributed by atoms with E-state index < -0.39 is 0 Å². The molecule has 0 heterocycles. The van der Waals surface area contributed by atoms with Gasteiger partial charge in [-0.3, -0.25) is 0 Å². The minimum absolute atomic E-state index is 0.0122. The zero-order chi connectivity index (χ0) is 46.6. The summed E-state index contributed by atoms with van der Waals surface area (Å²) in [5, 5.41) is 0. The van der Waals surface area contributed by atoms with Crippen molar-refractivity contribution >= 4 is 0 Å². The Hall–Kier alpha value is -3.12. The Morgan fingerprint density at radius 2 is 0.545 bits per heavy atom. The van der Waals surface area contributed by atoms with Crippen molar-refractivity contribution in [3.8, 4) is 33.4 Å². The van der Waals surface area contributed by atoms with Crippen LogP contribution in [-0.4, -0.2) is 0 Å². The van der Waals surface area contributed by atoms with E-state index in [1.807, 2.05) is 0 Å². The van der Waals surface area contributed by atoms with Crippen LogP contribution in [0.5, 0.6) is 0 Å². The van der Waals surface area contributed by atoms with Crippen molar-refractivity contribution in [2.75, 3.05) is 0 Å². The summed E-state index contributed by atoms with van der Waals surface area (Å²) < 4.78 is 0. The summed E-state index contributed by atoms with van der Waals surface area (Å²) in [5.41, 5.74) is 22.8. The fraction of sp³-hybridized carbons (Fsp3) is 0.636. The second-order valence-electron chi connectivity index (χ2n) is 27.5. The highest BCUT2D eigenvalue weighted by molar-refractivity contribution is 6.01. The van der Waals surface area contributed by atoms with Crippen LogP contribution in [0.1, 0.15) is 256 Å². The van der Waals surface area contributed by atoms with E-state index in [9.17, 15) is 0 Å². The Morgan fingerprint density at radius 3 is 0.803 bits per heavy atom. The van der Waals surface area contributed by atoms with Gasteiger partial charge in [-0.25, -0.2) is 0 Å². The van der Waals surface area contributed by atoms with Crippen LogP contribution in [-0.2, 0) is 32.5 Å². The van der Waals surface area contributed by atoms with Crippen molar-refractivity contribution in [3.05, 3.63) is 105 Å². The number of hydrogen-bond acceptors (Lipinski definition) is 0. The van der Waals surface area contributed by atoms with Gasteiger partial charge in [0.25, 0.3) is 0 Å². The molecule has 4 aromatic rings. The summed E-state index contributed by atoms with van der Waals surface area (Å²) in [6.45, 7) is 29.8. The lowest BCUT2D eigenvalue weighted by molar-refractivity contribution is 0.137. The molecule has 4 aromatic carbocycles. The van der Waals surface area contributed by atoms with Gasteiger partial charge in [-0.1, -0.05) is 209 Å². The zero-order valence-corrected chi connectivity index (χ0v) is 44.2. The molecule has 0 heteroatoms. The lowest BCUT2D eigenvalue weighted by atomic mass is 9.54. The van der Waals surface area contributed by atoms with Crippen LogP contribution >= 0.6 is 0 Å². The maximum atomic E-state index is 2.84. The Labute approximate surface area is 404 Å². The van der Waals surface area contributed by atoms with E-state index in [4.69, 9.17) is 0 Å². The SMILES string of the molecule is CC(C)(C)c1ccc2c(c1)C(C1CCCCC1)(C1CCCCC1)c1cc(C(C)(C)C)cc(-c3cc(C(C)(C)C)cc4c3-c3ccc(C(C)(C)C)cc3C4(C3CCCCC3)C3CCCCC3)c1-2. The first-order valence-corrected chi connectivity index (χ1v) is 28.0. The van der Waals surface area contributed by atoms with Gasteiger partial charge in [-0.15, -0.1) is 0 Å². The van der Waals surface area contributed by atoms with Crippen molar-refractivity contribution in [1.82, 2.24) is 0 Å². The molecule has 0 atom stereocenters. The molecule has 0 N–H and O–H groups in total. The first kappa shape index (κ1) is 46.6. The normalized spacial score (nSPS) is 21.9. The number of rotatable bonds is 5. The predicted molar refractivity (Wildman–Crippen MR) is 285 cm³/mol. The van der Waals surface area contributed by atoms with Gasteiger partial charge >= 0.3 is 0 Å². The third-order valence-electron chi connectivity index (χ3n) is 19.4. The summed E-state index contributed by atoms with van der Waals surface area (Å²) >= 11 is 0. The van der Waals surface area contributed by atoms with E-state index >= 15 is 0 Å². The lowest BCUT2D eigenvalue weighted by Gasteiger charge is -2.49. The predicted octanol–water partition coefficient (Wildman–Crippen LogP) is 19.4. The smallest absolute Gasteiger partial charge is 0.0271 e. The van der Waals surface area contributed by atoms with Crippen LogP contribution in [0.25, 0.3) is 33.4 Å². The largest absolute Gasteiger partial charge is 0.0579 e. The molecule has 66 heavy (non-hydrogen) atoms. The Morgan fingerprint density at radius 1 is 0.288 bits per heavy atom.